The maximum Gasteiger partial charge on any atom is 0.317 e. The van der Waals surface area contributed by atoms with E-state index >= 15 is 0 Å². The number of methoxy groups -OCH3 is 1. The number of fused-ring (bicyclic) bond motifs is 1. The summed E-state index contributed by atoms with van der Waals surface area (Å²) in [5, 5.41) is 9.04. The SMILES string of the molecule is COc1cccc(C2=CC3(CCN(CC(=O)O)CC3)Oc3ccccc32)c1.Cl. The minimum atomic E-state index is -0.784. The molecule has 2 aliphatic rings. The number of halogens is 1. The van der Waals surface area contributed by atoms with Crippen LogP contribution in [0.25, 0.3) is 5.57 Å². The molecule has 5 nitrogen and oxygen atoms in total. The molecule has 28 heavy (non-hydrogen) atoms. The largest absolute Gasteiger partial charge is 0.497 e. The third-order valence-corrected chi connectivity index (χ3v) is 5.34. The van der Waals surface area contributed by atoms with Crippen LogP contribution in [-0.4, -0.2) is 48.3 Å². The molecule has 2 aromatic rings. The van der Waals surface area contributed by atoms with Gasteiger partial charge in [0.25, 0.3) is 0 Å². The molecule has 2 aromatic carbocycles. The van der Waals surface area contributed by atoms with Crippen molar-refractivity contribution in [1.29, 1.82) is 0 Å². The standard InChI is InChI=1S/C22H23NO4.ClH/c1-26-17-6-4-5-16(13-17)19-14-22(27-20-8-3-2-7-18(19)20)9-11-23(12-10-22)15-21(24)25;/h2-8,13-14H,9-12,15H2,1H3,(H,24,25);1H. The van der Waals surface area contributed by atoms with Crippen molar-refractivity contribution >= 4 is 23.9 Å². The summed E-state index contributed by atoms with van der Waals surface area (Å²) in [5.41, 5.74) is 2.91. The Labute approximate surface area is 171 Å². The molecule has 1 fully saturated rings. The molecule has 0 aliphatic carbocycles. The molecule has 1 spiro atoms. The van der Waals surface area contributed by atoms with Crippen molar-refractivity contribution in [3.8, 4) is 11.5 Å². The number of likely N-dealkylation sites (tertiary alicyclic amines) is 1. The molecular weight excluding hydrogens is 378 g/mol. The quantitative estimate of drug-likeness (QED) is 0.843. The second-order valence-electron chi connectivity index (χ2n) is 7.12. The van der Waals surface area contributed by atoms with Gasteiger partial charge in [0.2, 0.25) is 0 Å². The number of piperidine rings is 1. The average Bonchev–Trinajstić information content (AvgIpc) is 2.69. The van der Waals surface area contributed by atoms with Gasteiger partial charge >= 0.3 is 5.97 Å². The Kier molecular flexibility index (Phi) is 5.96. The van der Waals surface area contributed by atoms with E-state index in [-0.39, 0.29) is 19.0 Å². The maximum absolute atomic E-state index is 11.0. The molecule has 0 radical (unpaired) electrons. The molecule has 0 aromatic heterocycles. The predicted molar refractivity (Wildman–Crippen MR) is 110 cm³/mol. The van der Waals surface area contributed by atoms with Crippen molar-refractivity contribution in [1.82, 2.24) is 4.90 Å². The fourth-order valence-electron chi connectivity index (χ4n) is 3.92. The van der Waals surface area contributed by atoms with Gasteiger partial charge in [0.15, 0.2) is 0 Å². The van der Waals surface area contributed by atoms with Gasteiger partial charge in [-0.25, -0.2) is 0 Å². The number of benzene rings is 2. The van der Waals surface area contributed by atoms with Gasteiger partial charge in [-0.05, 0) is 35.4 Å². The predicted octanol–water partition coefficient (Wildman–Crippen LogP) is 3.86. The average molecular weight is 402 g/mol. The van der Waals surface area contributed by atoms with Crippen LogP contribution in [0.3, 0.4) is 0 Å². The van der Waals surface area contributed by atoms with E-state index in [0.717, 1.165) is 41.0 Å². The molecule has 0 amide bonds. The highest BCUT2D eigenvalue weighted by atomic mass is 35.5. The second-order valence-corrected chi connectivity index (χ2v) is 7.12. The van der Waals surface area contributed by atoms with Crippen molar-refractivity contribution in [3.05, 3.63) is 65.7 Å². The molecule has 6 heteroatoms. The summed E-state index contributed by atoms with van der Waals surface area (Å²) in [6, 6.07) is 16.2. The monoisotopic (exact) mass is 401 g/mol. The summed E-state index contributed by atoms with van der Waals surface area (Å²) < 4.78 is 11.8. The van der Waals surface area contributed by atoms with Crippen molar-refractivity contribution < 1.29 is 19.4 Å². The van der Waals surface area contributed by atoms with E-state index in [9.17, 15) is 4.79 Å². The molecule has 0 bridgehead atoms. The third kappa shape index (κ3) is 4.01. The highest BCUT2D eigenvalue weighted by molar-refractivity contribution is 5.85. The first kappa shape index (κ1) is 20.2. The molecule has 2 aliphatic heterocycles. The van der Waals surface area contributed by atoms with E-state index in [1.54, 1.807) is 7.11 Å². The Balaban J connectivity index is 0.00000225. The Bertz CT molecular complexity index is 888. The molecule has 0 unspecified atom stereocenters. The molecule has 0 atom stereocenters. The zero-order valence-corrected chi connectivity index (χ0v) is 16.6. The zero-order chi connectivity index (χ0) is 18.9. The van der Waals surface area contributed by atoms with E-state index in [4.69, 9.17) is 14.6 Å². The Hall–Kier alpha value is -2.50. The summed E-state index contributed by atoms with van der Waals surface area (Å²) in [6.07, 6.45) is 3.76. The normalized spacial score (nSPS) is 17.7. The Morgan fingerprint density at radius 1 is 1.18 bits per heavy atom. The van der Waals surface area contributed by atoms with Crippen LogP contribution in [0, 0.1) is 0 Å². The Morgan fingerprint density at radius 3 is 2.64 bits per heavy atom. The number of rotatable bonds is 4. The molecule has 148 valence electrons. The first-order valence-electron chi connectivity index (χ1n) is 9.18. The van der Waals surface area contributed by atoms with Gasteiger partial charge in [-0.15, -0.1) is 12.4 Å². The fraction of sp³-hybridized carbons (Fsp3) is 0.318. The van der Waals surface area contributed by atoms with Crippen LogP contribution in [0.15, 0.2) is 54.6 Å². The lowest BCUT2D eigenvalue weighted by Crippen LogP contribution is -2.49. The molecule has 0 saturated carbocycles. The van der Waals surface area contributed by atoms with Gasteiger partial charge in [-0.2, -0.15) is 0 Å². The van der Waals surface area contributed by atoms with E-state index in [1.165, 1.54) is 0 Å². The minimum absolute atomic E-state index is 0. The molecule has 2 heterocycles. The molecule has 1 N–H and O–H groups in total. The Morgan fingerprint density at radius 2 is 1.93 bits per heavy atom. The number of ether oxygens (including phenoxy) is 2. The lowest BCUT2D eigenvalue weighted by molar-refractivity contribution is -0.139. The summed E-state index contributed by atoms with van der Waals surface area (Å²) in [4.78, 5) is 13.0. The number of nitrogens with zero attached hydrogens (tertiary/aromatic N) is 1. The van der Waals surface area contributed by atoms with Crippen LogP contribution < -0.4 is 9.47 Å². The van der Waals surface area contributed by atoms with Gasteiger partial charge in [-0.1, -0.05) is 30.3 Å². The van der Waals surface area contributed by atoms with E-state index in [1.807, 2.05) is 41.3 Å². The van der Waals surface area contributed by atoms with E-state index in [2.05, 4.69) is 18.2 Å². The summed E-state index contributed by atoms with van der Waals surface area (Å²) in [7, 11) is 1.67. The van der Waals surface area contributed by atoms with E-state index < -0.39 is 11.6 Å². The summed E-state index contributed by atoms with van der Waals surface area (Å²) >= 11 is 0. The third-order valence-electron chi connectivity index (χ3n) is 5.34. The van der Waals surface area contributed by atoms with Crippen molar-refractivity contribution in [3.63, 3.8) is 0 Å². The van der Waals surface area contributed by atoms with E-state index in [0.29, 0.717) is 13.1 Å². The minimum Gasteiger partial charge on any atom is -0.497 e. The van der Waals surface area contributed by atoms with Gasteiger partial charge in [0.1, 0.15) is 17.1 Å². The van der Waals surface area contributed by atoms with Crippen LogP contribution in [0.2, 0.25) is 0 Å². The van der Waals surface area contributed by atoms with Crippen LogP contribution in [0.1, 0.15) is 24.0 Å². The molecule has 4 rings (SSSR count). The highest BCUT2D eigenvalue weighted by Gasteiger charge is 2.39. The first-order valence-corrected chi connectivity index (χ1v) is 9.18. The fourth-order valence-corrected chi connectivity index (χ4v) is 3.92. The molecular formula is C22H24ClNO4. The number of carboxylic acid groups (broad SMARTS) is 1. The summed E-state index contributed by atoms with van der Waals surface area (Å²) in [6.45, 7) is 1.49. The number of carboxylic acids is 1. The second kappa shape index (κ2) is 8.25. The highest BCUT2D eigenvalue weighted by Crippen LogP contribution is 2.43. The van der Waals surface area contributed by atoms with Crippen LogP contribution >= 0.6 is 12.4 Å². The smallest absolute Gasteiger partial charge is 0.317 e. The zero-order valence-electron chi connectivity index (χ0n) is 15.8. The van der Waals surface area contributed by atoms with Crippen molar-refractivity contribution in [2.45, 2.75) is 18.4 Å². The number of carbonyl (C=O) groups is 1. The topological polar surface area (TPSA) is 59.0 Å². The van der Waals surface area contributed by atoms with Gasteiger partial charge in [0.05, 0.1) is 13.7 Å². The summed E-state index contributed by atoms with van der Waals surface area (Å²) in [5.74, 6) is 0.917. The van der Waals surface area contributed by atoms with Crippen molar-refractivity contribution in [2.24, 2.45) is 0 Å². The van der Waals surface area contributed by atoms with Gasteiger partial charge < -0.3 is 14.6 Å². The number of hydrogen-bond acceptors (Lipinski definition) is 4. The van der Waals surface area contributed by atoms with Gasteiger partial charge in [-0.3, -0.25) is 9.69 Å². The number of aliphatic carboxylic acids is 1. The van der Waals surface area contributed by atoms with Crippen molar-refractivity contribution in [2.75, 3.05) is 26.7 Å². The molecule has 1 saturated heterocycles. The number of para-hydroxylation sites is 1. The lowest BCUT2D eigenvalue weighted by atomic mass is 9.83. The van der Waals surface area contributed by atoms with Crippen LogP contribution in [0.5, 0.6) is 11.5 Å². The van der Waals surface area contributed by atoms with Crippen LogP contribution in [-0.2, 0) is 4.79 Å². The number of hydrogen-bond donors (Lipinski definition) is 1. The van der Waals surface area contributed by atoms with Gasteiger partial charge in [0, 0.05) is 31.5 Å². The maximum atomic E-state index is 11.0. The van der Waals surface area contributed by atoms with Crippen LogP contribution in [0.4, 0.5) is 0 Å². The first-order chi connectivity index (χ1) is 13.1. The lowest BCUT2D eigenvalue weighted by Gasteiger charge is -2.42.